The molecule has 1 rings (SSSR count). The molecule has 0 aromatic carbocycles. The van der Waals surface area contributed by atoms with E-state index in [9.17, 15) is 8.42 Å². The van der Waals surface area contributed by atoms with E-state index in [0.29, 0.717) is 5.92 Å². The predicted molar refractivity (Wildman–Crippen MR) is 53.0 cm³/mol. The second kappa shape index (κ2) is 3.94. The van der Waals surface area contributed by atoms with Crippen molar-refractivity contribution in [3.8, 4) is 0 Å². The van der Waals surface area contributed by atoms with Gasteiger partial charge in [0, 0.05) is 12.6 Å². The highest BCUT2D eigenvalue weighted by Crippen LogP contribution is 2.15. The molecule has 1 N–H and O–H groups in total. The van der Waals surface area contributed by atoms with Gasteiger partial charge in [0.1, 0.15) is 0 Å². The summed E-state index contributed by atoms with van der Waals surface area (Å²) in [6, 6.07) is 0.117. The average Bonchev–Trinajstić information content (AvgIpc) is 1.93. The van der Waals surface area contributed by atoms with Gasteiger partial charge in [0.25, 0.3) is 0 Å². The third-order valence-electron chi connectivity index (χ3n) is 2.47. The quantitative estimate of drug-likeness (QED) is 0.685. The lowest BCUT2D eigenvalue weighted by Crippen LogP contribution is -2.48. The van der Waals surface area contributed by atoms with Gasteiger partial charge in [-0.3, -0.25) is 0 Å². The van der Waals surface area contributed by atoms with Crippen LogP contribution in [0, 0.1) is 5.92 Å². The molecule has 1 aliphatic heterocycles. The number of hydrogen-bond acceptors (Lipinski definition) is 3. The second-order valence-corrected chi connectivity index (χ2v) is 5.80. The summed E-state index contributed by atoms with van der Waals surface area (Å²) in [6.07, 6.45) is 2.13. The van der Waals surface area contributed by atoms with Crippen LogP contribution >= 0.6 is 0 Å². The molecule has 0 bridgehead atoms. The van der Waals surface area contributed by atoms with Crippen LogP contribution in [0.3, 0.4) is 0 Å². The molecule has 0 saturated carbocycles. The van der Waals surface area contributed by atoms with Gasteiger partial charge in [-0.2, -0.15) is 0 Å². The summed E-state index contributed by atoms with van der Waals surface area (Å²) in [5, 5.41) is 0. The normalized spacial score (nSPS) is 31.9. The first-order valence-corrected chi connectivity index (χ1v) is 6.43. The molecule has 13 heavy (non-hydrogen) atoms. The van der Waals surface area contributed by atoms with Gasteiger partial charge in [0.15, 0.2) is 0 Å². The van der Waals surface area contributed by atoms with Gasteiger partial charge in [-0.25, -0.2) is 13.1 Å². The van der Waals surface area contributed by atoms with Crippen molar-refractivity contribution in [3.05, 3.63) is 0 Å². The average molecular weight is 206 g/mol. The van der Waals surface area contributed by atoms with E-state index in [1.807, 2.05) is 0 Å². The zero-order valence-electron chi connectivity index (χ0n) is 8.45. The Kier molecular flexibility index (Phi) is 3.32. The number of nitrogens with zero attached hydrogens (tertiary/aromatic N) is 1. The fourth-order valence-electron chi connectivity index (χ4n) is 1.80. The summed E-state index contributed by atoms with van der Waals surface area (Å²) in [4.78, 5) is 2.23. The van der Waals surface area contributed by atoms with Crippen molar-refractivity contribution in [3.63, 3.8) is 0 Å². The molecule has 4 nitrogen and oxygen atoms in total. The monoisotopic (exact) mass is 206 g/mol. The molecule has 0 aliphatic carbocycles. The van der Waals surface area contributed by atoms with E-state index in [-0.39, 0.29) is 6.04 Å². The molecule has 0 spiro atoms. The number of nitrogens with one attached hydrogen (secondary N) is 1. The SMILES string of the molecule is CC1CN(C)CCC1NS(C)(=O)=O. The van der Waals surface area contributed by atoms with Crippen LogP contribution in [0.25, 0.3) is 0 Å². The smallest absolute Gasteiger partial charge is 0.208 e. The number of sulfonamides is 1. The third kappa shape index (κ3) is 3.62. The van der Waals surface area contributed by atoms with Crippen molar-refractivity contribution in [2.24, 2.45) is 5.92 Å². The van der Waals surface area contributed by atoms with E-state index in [0.717, 1.165) is 19.5 Å². The maximum atomic E-state index is 11.0. The number of piperidine rings is 1. The Morgan fingerprint density at radius 3 is 2.54 bits per heavy atom. The lowest BCUT2D eigenvalue weighted by atomic mass is 9.95. The molecule has 1 heterocycles. The summed E-state index contributed by atoms with van der Waals surface area (Å²) in [7, 11) is -0.980. The highest BCUT2D eigenvalue weighted by molar-refractivity contribution is 7.88. The molecular formula is C8H18N2O2S. The molecule has 0 amide bonds. The van der Waals surface area contributed by atoms with Gasteiger partial charge < -0.3 is 4.90 Å². The minimum Gasteiger partial charge on any atom is -0.306 e. The molecule has 1 fully saturated rings. The summed E-state index contributed by atoms with van der Waals surface area (Å²) in [5.41, 5.74) is 0. The second-order valence-electron chi connectivity index (χ2n) is 4.02. The largest absolute Gasteiger partial charge is 0.306 e. The summed E-state index contributed by atoms with van der Waals surface area (Å²) >= 11 is 0. The van der Waals surface area contributed by atoms with E-state index < -0.39 is 10.0 Å². The van der Waals surface area contributed by atoms with E-state index in [2.05, 4.69) is 23.6 Å². The van der Waals surface area contributed by atoms with Crippen molar-refractivity contribution >= 4 is 10.0 Å². The van der Waals surface area contributed by atoms with Crippen LogP contribution in [-0.4, -0.2) is 45.8 Å². The van der Waals surface area contributed by atoms with Gasteiger partial charge >= 0.3 is 0 Å². The molecule has 0 aromatic heterocycles. The summed E-state index contributed by atoms with van der Waals surface area (Å²) in [6.45, 7) is 4.02. The topological polar surface area (TPSA) is 49.4 Å². The molecular weight excluding hydrogens is 188 g/mol. The van der Waals surface area contributed by atoms with Crippen LogP contribution < -0.4 is 4.72 Å². The highest BCUT2D eigenvalue weighted by Gasteiger charge is 2.25. The summed E-state index contributed by atoms with van der Waals surface area (Å²) < 4.78 is 24.7. The molecule has 0 radical (unpaired) electrons. The van der Waals surface area contributed by atoms with E-state index in [4.69, 9.17) is 0 Å². The van der Waals surface area contributed by atoms with E-state index in [1.54, 1.807) is 0 Å². The van der Waals surface area contributed by atoms with Crippen LogP contribution in [-0.2, 0) is 10.0 Å². The highest BCUT2D eigenvalue weighted by atomic mass is 32.2. The Morgan fingerprint density at radius 2 is 2.08 bits per heavy atom. The van der Waals surface area contributed by atoms with E-state index in [1.165, 1.54) is 6.26 Å². The fraction of sp³-hybridized carbons (Fsp3) is 1.00. The number of rotatable bonds is 2. The molecule has 2 atom stereocenters. The maximum Gasteiger partial charge on any atom is 0.208 e. The lowest BCUT2D eigenvalue weighted by Gasteiger charge is -2.34. The number of hydrogen-bond donors (Lipinski definition) is 1. The molecule has 5 heteroatoms. The third-order valence-corrected chi connectivity index (χ3v) is 3.20. The fourth-order valence-corrected chi connectivity index (χ4v) is 2.70. The molecule has 78 valence electrons. The van der Waals surface area contributed by atoms with E-state index >= 15 is 0 Å². The standard InChI is InChI=1S/C8H18N2O2S/c1-7-6-10(2)5-4-8(7)9-13(3,11)12/h7-9H,4-6H2,1-3H3. The van der Waals surface area contributed by atoms with Crippen molar-refractivity contribution < 1.29 is 8.42 Å². The maximum absolute atomic E-state index is 11.0. The predicted octanol–water partition coefficient (Wildman–Crippen LogP) is -0.124. The Hall–Kier alpha value is -0.130. The minimum atomic E-state index is -3.04. The van der Waals surface area contributed by atoms with Crippen LogP contribution in [0.1, 0.15) is 13.3 Å². The van der Waals surface area contributed by atoms with Crippen molar-refractivity contribution in [1.29, 1.82) is 0 Å². The van der Waals surface area contributed by atoms with Gasteiger partial charge in [-0.15, -0.1) is 0 Å². The van der Waals surface area contributed by atoms with Gasteiger partial charge in [-0.05, 0) is 25.9 Å². The zero-order chi connectivity index (χ0) is 10.1. The zero-order valence-corrected chi connectivity index (χ0v) is 9.26. The van der Waals surface area contributed by atoms with Gasteiger partial charge in [-0.1, -0.05) is 6.92 Å². The Balaban J connectivity index is 2.52. The molecule has 2 unspecified atom stereocenters. The van der Waals surface area contributed by atoms with Crippen molar-refractivity contribution in [2.75, 3.05) is 26.4 Å². The van der Waals surface area contributed by atoms with Crippen molar-refractivity contribution in [1.82, 2.24) is 9.62 Å². The Morgan fingerprint density at radius 1 is 1.46 bits per heavy atom. The molecule has 1 saturated heterocycles. The summed E-state index contributed by atoms with van der Waals surface area (Å²) in [5.74, 6) is 0.397. The lowest BCUT2D eigenvalue weighted by molar-refractivity contribution is 0.189. The van der Waals surface area contributed by atoms with Gasteiger partial charge in [0.05, 0.1) is 6.26 Å². The first-order chi connectivity index (χ1) is 5.88. The van der Waals surface area contributed by atoms with Crippen LogP contribution in [0.15, 0.2) is 0 Å². The first-order valence-electron chi connectivity index (χ1n) is 4.54. The van der Waals surface area contributed by atoms with Crippen molar-refractivity contribution in [2.45, 2.75) is 19.4 Å². The minimum absolute atomic E-state index is 0.117. The Labute approximate surface area is 80.4 Å². The van der Waals surface area contributed by atoms with Crippen LogP contribution in [0.2, 0.25) is 0 Å². The Bertz CT molecular complexity index is 263. The van der Waals surface area contributed by atoms with Crippen LogP contribution in [0.4, 0.5) is 0 Å². The first kappa shape index (κ1) is 10.9. The van der Waals surface area contributed by atoms with Crippen LogP contribution in [0.5, 0.6) is 0 Å². The number of likely N-dealkylation sites (tertiary alicyclic amines) is 1. The molecule has 0 aromatic rings. The molecule has 1 aliphatic rings. The van der Waals surface area contributed by atoms with Gasteiger partial charge in [0.2, 0.25) is 10.0 Å².